The predicted octanol–water partition coefficient (Wildman–Crippen LogP) is 2.96. The Morgan fingerprint density at radius 1 is 1.53 bits per heavy atom. The molecule has 0 radical (unpaired) electrons. The number of benzene rings is 1. The molecule has 0 amide bonds. The number of rotatable bonds is 3. The van der Waals surface area contributed by atoms with Gasteiger partial charge in [0, 0.05) is 29.7 Å². The van der Waals surface area contributed by atoms with Crippen molar-refractivity contribution in [2.75, 3.05) is 24.6 Å². The van der Waals surface area contributed by atoms with Crippen LogP contribution < -0.4 is 0 Å². The summed E-state index contributed by atoms with van der Waals surface area (Å²) in [6, 6.07) is 7.74. The number of carbonyl (C=O) groups is 1. The van der Waals surface area contributed by atoms with E-state index in [2.05, 4.69) is 11.8 Å². The standard InChI is InChI=1S/C13H16ClNOS/c1-10-9-17-7-6-15(10)8-13(16)11-4-2-3-5-12(11)14/h2-5,10H,6-9H2,1H3. The summed E-state index contributed by atoms with van der Waals surface area (Å²) in [6.45, 7) is 3.64. The Morgan fingerprint density at radius 2 is 2.29 bits per heavy atom. The van der Waals surface area contributed by atoms with Crippen molar-refractivity contribution in [1.82, 2.24) is 4.90 Å². The van der Waals surface area contributed by atoms with Crippen LogP contribution in [-0.4, -0.2) is 41.3 Å². The second-order valence-corrected chi connectivity index (χ2v) is 5.85. The summed E-state index contributed by atoms with van der Waals surface area (Å²) in [6.07, 6.45) is 0. The summed E-state index contributed by atoms with van der Waals surface area (Å²) < 4.78 is 0. The average molecular weight is 270 g/mol. The van der Waals surface area contributed by atoms with Crippen molar-refractivity contribution < 1.29 is 4.79 Å². The molecular formula is C13H16ClNOS. The SMILES string of the molecule is CC1CSCCN1CC(=O)c1ccccc1Cl. The maximum Gasteiger partial charge on any atom is 0.178 e. The van der Waals surface area contributed by atoms with Gasteiger partial charge in [0.2, 0.25) is 0 Å². The minimum atomic E-state index is 0.120. The van der Waals surface area contributed by atoms with Crippen LogP contribution >= 0.6 is 23.4 Å². The Hall–Kier alpha value is -0.510. The molecule has 1 aliphatic rings. The van der Waals surface area contributed by atoms with E-state index in [1.54, 1.807) is 12.1 Å². The van der Waals surface area contributed by atoms with Crippen LogP contribution in [0.5, 0.6) is 0 Å². The first-order chi connectivity index (χ1) is 8.18. The minimum absolute atomic E-state index is 0.120. The van der Waals surface area contributed by atoms with E-state index in [4.69, 9.17) is 11.6 Å². The van der Waals surface area contributed by atoms with E-state index in [9.17, 15) is 4.79 Å². The molecule has 1 unspecified atom stereocenters. The summed E-state index contributed by atoms with van der Waals surface area (Å²) in [5.41, 5.74) is 0.639. The van der Waals surface area contributed by atoms with Crippen LogP contribution in [0, 0.1) is 0 Å². The Kier molecular flexibility index (Phi) is 4.48. The van der Waals surface area contributed by atoms with Crippen LogP contribution in [0.4, 0.5) is 0 Å². The van der Waals surface area contributed by atoms with Crippen molar-refractivity contribution in [1.29, 1.82) is 0 Å². The third-order valence-electron chi connectivity index (χ3n) is 3.03. The Labute approximate surface area is 111 Å². The summed E-state index contributed by atoms with van der Waals surface area (Å²) in [4.78, 5) is 14.4. The highest BCUT2D eigenvalue weighted by Crippen LogP contribution is 2.19. The summed E-state index contributed by atoms with van der Waals surface area (Å²) in [5.74, 6) is 2.34. The van der Waals surface area contributed by atoms with Gasteiger partial charge in [-0.1, -0.05) is 23.7 Å². The molecule has 1 fully saturated rings. The van der Waals surface area contributed by atoms with Gasteiger partial charge in [0.25, 0.3) is 0 Å². The Bertz CT molecular complexity index is 410. The molecule has 0 N–H and O–H groups in total. The van der Waals surface area contributed by atoms with Crippen molar-refractivity contribution in [2.45, 2.75) is 13.0 Å². The van der Waals surface area contributed by atoms with Crippen LogP contribution in [0.3, 0.4) is 0 Å². The highest BCUT2D eigenvalue weighted by molar-refractivity contribution is 7.99. The number of halogens is 1. The van der Waals surface area contributed by atoms with Gasteiger partial charge in [0.15, 0.2) is 5.78 Å². The number of thioether (sulfide) groups is 1. The molecule has 0 spiro atoms. The Morgan fingerprint density at radius 3 is 3.00 bits per heavy atom. The van der Waals surface area contributed by atoms with Gasteiger partial charge >= 0.3 is 0 Å². The molecule has 2 nitrogen and oxygen atoms in total. The average Bonchev–Trinajstić information content (AvgIpc) is 2.32. The first-order valence-electron chi connectivity index (χ1n) is 5.78. The van der Waals surface area contributed by atoms with Crippen LogP contribution in [0.15, 0.2) is 24.3 Å². The number of ketones is 1. The summed E-state index contributed by atoms with van der Waals surface area (Å²) >= 11 is 7.98. The minimum Gasteiger partial charge on any atom is -0.293 e. The molecule has 1 aromatic rings. The highest BCUT2D eigenvalue weighted by atomic mass is 35.5. The number of carbonyl (C=O) groups excluding carboxylic acids is 1. The molecule has 1 saturated heterocycles. The van der Waals surface area contributed by atoms with Gasteiger partial charge in [-0.3, -0.25) is 9.69 Å². The molecule has 4 heteroatoms. The molecule has 0 bridgehead atoms. The third kappa shape index (κ3) is 3.24. The van der Waals surface area contributed by atoms with Crippen LogP contribution in [0.2, 0.25) is 5.02 Å². The lowest BCUT2D eigenvalue weighted by Gasteiger charge is -2.32. The number of hydrogen-bond acceptors (Lipinski definition) is 3. The molecule has 0 saturated carbocycles. The lowest BCUT2D eigenvalue weighted by molar-refractivity contribution is 0.0911. The molecule has 0 aliphatic carbocycles. The van der Waals surface area contributed by atoms with Gasteiger partial charge in [0.05, 0.1) is 11.6 Å². The maximum absolute atomic E-state index is 12.1. The number of nitrogens with zero attached hydrogens (tertiary/aromatic N) is 1. The monoisotopic (exact) mass is 269 g/mol. The normalized spacial score (nSPS) is 21.4. The van der Waals surface area contributed by atoms with Gasteiger partial charge in [-0.2, -0.15) is 11.8 Å². The number of hydrogen-bond donors (Lipinski definition) is 0. The van der Waals surface area contributed by atoms with Gasteiger partial charge in [-0.05, 0) is 19.1 Å². The van der Waals surface area contributed by atoms with Crippen LogP contribution in [0.1, 0.15) is 17.3 Å². The molecule has 17 heavy (non-hydrogen) atoms. The largest absolute Gasteiger partial charge is 0.293 e. The zero-order valence-electron chi connectivity index (χ0n) is 9.86. The van der Waals surface area contributed by atoms with E-state index in [0.717, 1.165) is 18.1 Å². The van der Waals surface area contributed by atoms with Gasteiger partial charge in [0.1, 0.15) is 0 Å². The molecule has 1 heterocycles. The van der Waals surface area contributed by atoms with E-state index >= 15 is 0 Å². The van der Waals surface area contributed by atoms with E-state index in [0.29, 0.717) is 23.2 Å². The maximum atomic E-state index is 12.1. The first kappa shape index (κ1) is 12.9. The molecule has 1 aromatic carbocycles. The van der Waals surface area contributed by atoms with Gasteiger partial charge in [-0.25, -0.2) is 0 Å². The van der Waals surface area contributed by atoms with Crippen molar-refractivity contribution in [2.24, 2.45) is 0 Å². The zero-order chi connectivity index (χ0) is 12.3. The first-order valence-corrected chi connectivity index (χ1v) is 7.31. The van der Waals surface area contributed by atoms with Crippen molar-refractivity contribution >= 4 is 29.1 Å². The van der Waals surface area contributed by atoms with Crippen molar-refractivity contribution in [3.05, 3.63) is 34.9 Å². The van der Waals surface area contributed by atoms with Crippen LogP contribution in [0.25, 0.3) is 0 Å². The lowest BCUT2D eigenvalue weighted by Crippen LogP contribution is -2.43. The fourth-order valence-electron chi connectivity index (χ4n) is 1.95. The number of Topliss-reactive ketones (excluding diaryl/α,β-unsaturated/α-hetero) is 1. The Balaban J connectivity index is 2.04. The van der Waals surface area contributed by atoms with Crippen molar-refractivity contribution in [3.63, 3.8) is 0 Å². The molecule has 1 atom stereocenters. The summed E-state index contributed by atoms with van der Waals surface area (Å²) in [5, 5.41) is 0.552. The molecule has 0 aromatic heterocycles. The van der Waals surface area contributed by atoms with E-state index in [-0.39, 0.29) is 5.78 Å². The van der Waals surface area contributed by atoms with E-state index in [1.807, 2.05) is 23.9 Å². The van der Waals surface area contributed by atoms with E-state index in [1.165, 1.54) is 0 Å². The molecular weight excluding hydrogens is 254 g/mol. The smallest absolute Gasteiger partial charge is 0.178 e. The van der Waals surface area contributed by atoms with Gasteiger partial charge < -0.3 is 0 Å². The molecule has 2 rings (SSSR count). The van der Waals surface area contributed by atoms with Crippen molar-refractivity contribution in [3.8, 4) is 0 Å². The third-order valence-corrected chi connectivity index (χ3v) is 4.55. The topological polar surface area (TPSA) is 20.3 Å². The second-order valence-electron chi connectivity index (χ2n) is 4.30. The molecule has 1 aliphatic heterocycles. The van der Waals surface area contributed by atoms with E-state index < -0.39 is 0 Å². The second kappa shape index (κ2) is 5.89. The highest BCUT2D eigenvalue weighted by Gasteiger charge is 2.22. The molecule has 92 valence electrons. The quantitative estimate of drug-likeness (QED) is 0.787. The fraction of sp³-hybridized carbons (Fsp3) is 0.462. The van der Waals surface area contributed by atoms with Crippen LogP contribution in [-0.2, 0) is 0 Å². The van der Waals surface area contributed by atoms with Gasteiger partial charge in [-0.15, -0.1) is 0 Å². The zero-order valence-corrected chi connectivity index (χ0v) is 11.4. The fourth-order valence-corrected chi connectivity index (χ4v) is 3.28. The lowest BCUT2D eigenvalue weighted by atomic mass is 10.1. The summed E-state index contributed by atoms with van der Waals surface area (Å²) in [7, 11) is 0. The predicted molar refractivity (Wildman–Crippen MR) is 74.1 cm³/mol.